The van der Waals surface area contributed by atoms with E-state index < -0.39 is 0 Å². The summed E-state index contributed by atoms with van der Waals surface area (Å²) >= 11 is 4.63. The average Bonchev–Trinajstić information content (AvgIpc) is 3.11. The Hall–Kier alpha value is -1.74. The molecule has 0 saturated heterocycles. The van der Waals surface area contributed by atoms with E-state index in [0.29, 0.717) is 37.8 Å². The summed E-state index contributed by atoms with van der Waals surface area (Å²) in [5.41, 5.74) is 2.01. The molecule has 0 atom stereocenters. The van der Waals surface area contributed by atoms with Crippen LogP contribution in [0.5, 0.6) is 0 Å². The van der Waals surface area contributed by atoms with Crippen molar-refractivity contribution in [2.24, 2.45) is 0 Å². The van der Waals surface area contributed by atoms with Crippen molar-refractivity contribution in [2.75, 3.05) is 26.4 Å². The maximum atomic E-state index is 11.9. The Balaban J connectivity index is 1.69. The number of nitrogens with one attached hydrogen (secondary N) is 2. The number of hydrogen-bond acceptors (Lipinski definition) is 5. The lowest BCUT2D eigenvalue weighted by atomic mass is 10.1. The van der Waals surface area contributed by atoms with E-state index in [1.807, 2.05) is 31.2 Å². The van der Waals surface area contributed by atoms with Crippen LogP contribution < -0.4 is 10.6 Å². The third kappa shape index (κ3) is 8.21. The van der Waals surface area contributed by atoms with Gasteiger partial charge in [-0.25, -0.2) is 0 Å². The van der Waals surface area contributed by atoms with Crippen LogP contribution in [0.1, 0.15) is 27.7 Å². The molecule has 0 saturated carbocycles. The summed E-state index contributed by atoms with van der Waals surface area (Å²) in [6.07, 6.45) is 0. The molecule has 0 aliphatic carbocycles. The van der Waals surface area contributed by atoms with Crippen LogP contribution in [0.2, 0.25) is 0 Å². The Kier molecular flexibility index (Phi) is 9.47. The van der Waals surface area contributed by atoms with Gasteiger partial charge in [-0.3, -0.25) is 9.59 Å². The number of rotatable bonds is 11. The molecule has 1 aromatic heterocycles. The predicted molar refractivity (Wildman–Crippen MR) is 109 cm³/mol. The number of benzene rings is 1. The second kappa shape index (κ2) is 11.9. The zero-order valence-corrected chi connectivity index (χ0v) is 17.5. The number of carbonyl (C=O) groups is 2. The lowest BCUT2D eigenvalue weighted by molar-refractivity contribution is -0.120. The first-order valence-corrected chi connectivity index (χ1v) is 10.2. The van der Waals surface area contributed by atoms with Gasteiger partial charge in [-0.1, -0.05) is 24.3 Å². The monoisotopic (exact) mass is 454 g/mol. The Morgan fingerprint density at radius 3 is 2.59 bits per heavy atom. The minimum absolute atomic E-state index is 0.0609. The van der Waals surface area contributed by atoms with Crippen molar-refractivity contribution in [3.63, 3.8) is 0 Å². The van der Waals surface area contributed by atoms with Gasteiger partial charge < -0.3 is 20.1 Å². The van der Waals surface area contributed by atoms with Crippen molar-refractivity contribution < 1.29 is 19.1 Å². The molecule has 0 spiro atoms. The third-order valence-corrected chi connectivity index (χ3v) is 5.15. The van der Waals surface area contributed by atoms with Crippen molar-refractivity contribution in [1.29, 1.82) is 0 Å². The molecule has 8 heteroatoms. The molecular weight excluding hydrogens is 432 g/mol. The summed E-state index contributed by atoms with van der Waals surface area (Å²) in [6.45, 7) is 4.60. The second-order valence-corrected chi connectivity index (χ2v) is 8.10. The van der Waals surface area contributed by atoms with Crippen LogP contribution in [0.25, 0.3) is 0 Å². The van der Waals surface area contributed by atoms with E-state index in [9.17, 15) is 9.59 Å². The fourth-order valence-corrected chi connectivity index (χ4v) is 3.53. The number of amides is 2. The summed E-state index contributed by atoms with van der Waals surface area (Å²) in [5, 5.41) is 5.41. The Labute approximate surface area is 171 Å². The van der Waals surface area contributed by atoms with Crippen molar-refractivity contribution in [1.82, 2.24) is 10.6 Å². The van der Waals surface area contributed by atoms with E-state index in [1.54, 1.807) is 12.1 Å². The lowest BCUT2D eigenvalue weighted by Crippen LogP contribution is -2.36. The first kappa shape index (κ1) is 21.6. The maximum Gasteiger partial charge on any atom is 0.261 e. The van der Waals surface area contributed by atoms with E-state index in [-0.39, 0.29) is 18.4 Å². The van der Waals surface area contributed by atoms with Gasteiger partial charge >= 0.3 is 0 Å². The molecule has 0 aliphatic heterocycles. The topological polar surface area (TPSA) is 76.7 Å². The molecule has 0 bridgehead atoms. The van der Waals surface area contributed by atoms with Gasteiger partial charge in [0.15, 0.2) is 0 Å². The van der Waals surface area contributed by atoms with Crippen molar-refractivity contribution in [2.45, 2.75) is 20.1 Å². The number of carbonyl (C=O) groups excluding carboxylic acids is 2. The number of ether oxygens (including phenoxy) is 2. The molecule has 1 aromatic carbocycles. The second-order valence-electron chi connectivity index (χ2n) is 5.63. The van der Waals surface area contributed by atoms with Crippen molar-refractivity contribution in [3.8, 4) is 0 Å². The SMILES string of the molecule is CCOCCOCc1cccc(CNC(=O)CNC(=O)c2ccc(Br)s2)c1. The van der Waals surface area contributed by atoms with E-state index in [4.69, 9.17) is 9.47 Å². The quantitative estimate of drug-likeness (QED) is 0.511. The first-order chi connectivity index (χ1) is 13.1. The zero-order valence-electron chi connectivity index (χ0n) is 15.1. The van der Waals surface area contributed by atoms with Gasteiger partial charge in [0.2, 0.25) is 5.91 Å². The van der Waals surface area contributed by atoms with Crippen LogP contribution in [-0.2, 0) is 27.4 Å². The minimum Gasteiger partial charge on any atom is -0.379 e. The van der Waals surface area contributed by atoms with Gasteiger partial charge in [0.1, 0.15) is 0 Å². The Bertz CT molecular complexity index is 751. The molecule has 0 radical (unpaired) electrons. The highest BCUT2D eigenvalue weighted by molar-refractivity contribution is 9.11. The Morgan fingerprint density at radius 2 is 1.85 bits per heavy atom. The zero-order chi connectivity index (χ0) is 19.5. The fourth-order valence-electron chi connectivity index (χ4n) is 2.23. The highest BCUT2D eigenvalue weighted by Crippen LogP contribution is 2.21. The fraction of sp³-hybridized carbons (Fsp3) is 0.368. The van der Waals surface area contributed by atoms with Crippen LogP contribution in [0, 0.1) is 0 Å². The van der Waals surface area contributed by atoms with Crippen LogP contribution >= 0.6 is 27.3 Å². The van der Waals surface area contributed by atoms with E-state index >= 15 is 0 Å². The summed E-state index contributed by atoms with van der Waals surface area (Å²) < 4.78 is 11.6. The highest BCUT2D eigenvalue weighted by Gasteiger charge is 2.10. The molecule has 27 heavy (non-hydrogen) atoms. The molecule has 0 fully saturated rings. The summed E-state index contributed by atoms with van der Waals surface area (Å²) in [5.74, 6) is -0.496. The van der Waals surface area contributed by atoms with Crippen LogP contribution in [0.15, 0.2) is 40.2 Å². The largest absolute Gasteiger partial charge is 0.379 e. The molecule has 146 valence electrons. The van der Waals surface area contributed by atoms with E-state index in [1.165, 1.54) is 11.3 Å². The van der Waals surface area contributed by atoms with Crippen molar-refractivity contribution >= 4 is 39.1 Å². The molecule has 1 heterocycles. The molecular formula is C19H23BrN2O4S. The summed E-state index contributed by atoms with van der Waals surface area (Å²) in [4.78, 5) is 24.4. The average molecular weight is 455 g/mol. The first-order valence-electron chi connectivity index (χ1n) is 8.62. The summed E-state index contributed by atoms with van der Waals surface area (Å²) in [7, 11) is 0. The van der Waals surface area contributed by atoms with Gasteiger partial charge in [0, 0.05) is 13.2 Å². The van der Waals surface area contributed by atoms with Gasteiger partial charge in [-0.05, 0) is 46.1 Å². The van der Waals surface area contributed by atoms with E-state index in [0.717, 1.165) is 14.9 Å². The molecule has 6 nitrogen and oxygen atoms in total. The number of halogens is 1. The molecule has 0 aliphatic rings. The molecule has 2 aromatic rings. The van der Waals surface area contributed by atoms with Crippen LogP contribution in [0.4, 0.5) is 0 Å². The normalized spacial score (nSPS) is 10.6. The summed E-state index contributed by atoms with van der Waals surface area (Å²) in [6, 6.07) is 11.3. The standard InChI is InChI=1S/C19H23BrN2O4S/c1-2-25-8-9-26-13-15-5-3-4-14(10-15)11-21-18(23)12-22-19(24)16-6-7-17(20)27-16/h3-7,10H,2,8-9,11-13H2,1H3,(H,21,23)(H,22,24). The Morgan fingerprint density at radius 1 is 1.07 bits per heavy atom. The van der Waals surface area contributed by atoms with Crippen LogP contribution in [0.3, 0.4) is 0 Å². The molecule has 0 unspecified atom stereocenters. The van der Waals surface area contributed by atoms with Crippen LogP contribution in [-0.4, -0.2) is 38.2 Å². The van der Waals surface area contributed by atoms with Gasteiger partial charge in [-0.15, -0.1) is 11.3 Å². The predicted octanol–water partition coefficient (Wildman–Crippen LogP) is 3.11. The van der Waals surface area contributed by atoms with Crippen molar-refractivity contribution in [3.05, 3.63) is 56.2 Å². The highest BCUT2D eigenvalue weighted by atomic mass is 79.9. The lowest BCUT2D eigenvalue weighted by Gasteiger charge is -2.09. The minimum atomic E-state index is -0.257. The molecule has 2 amide bonds. The third-order valence-electron chi connectivity index (χ3n) is 3.53. The van der Waals surface area contributed by atoms with E-state index in [2.05, 4.69) is 26.6 Å². The maximum absolute atomic E-state index is 11.9. The van der Waals surface area contributed by atoms with Gasteiger partial charge in [0.05, 0.1) is 35.0 Å². The molecule has 2 N–H and O–H groups in total. The number of hydrogen-bond donors (Lipinski definition) is 2. The van der Waals surface area contributed by atoms with Gasteiger partial charge in [-0.2, -0.15) is 0 Å². The number of thiophene rings is 1. The molecule has 2 rings (SSSR count). The van der Waals surface area contributed by atoms with Gasteiger partial charge in [0.25, 0.3) is 5.91 Å². The smallest absolute Gasteiger partial charge is 0.261 e.